The van der Waals surface area contributed by atoms with Crippen LogP contribution in [0, 0.1) is 5.82 Å². The molecule has 6 nitrogen and oxygen atoms in total. The number of ether oxygens (including phenoxy) is 2. The van der Waals surface area contributed by atoms with Crippen molar-refractivity contribution in [2.24, 2.45) is 0 Å². The van der Waals surface area contributed by atoms with E-state index in [1.165, 1.54) is 17.7 Å². The average Bonchev–Trinajstić information content (AvgIpc) is 3.39. The Kier molecular flexibility index (Phi) is 7.39. The molecule has 200 valence electrons. The molecule has 38 heavy (non-hydrogen) atoms. The molecule has 0 saturated carbocycles. The van der Waals surface area contributed by atoms with Crippen LogP contribution in [0.25, 0.3) is 22.3 Å². The van der Waals surface area contributed by atoms with Gasteiger partial charge in [-0.3, -0.25) is 0 Å². The van der Waals surface area contributed by atoms with Crippen molar-refractivity contribution in [3.63, 3.8) is 0 Å². The highest BCUT2D eigenvalue weighted by Gasteiger charge is 2.35. The molecule has 0 radical (unpaired) electrons. The van der Waals surface area contributed by atoms with E-state index in [0.717, 1.165) is 66.7 Å². The lowest BCUT2D eigenvalue weighted by Crippen LogP contribution is -2.36. The fourth-order valence-electron chi connectivity index (χ4n) is 5.55. The number of nitrogen functional groups attached to an aromatic ring is 1. The number of pyridine rings is 1. The van der Waals surface area contributed by atoms with Crippen LogP contribution in [0.4, 0.5) is 15.0 Å². The summed E-state index contributed by atoms with van der Waals surface area (Å²) in [6.45, 7) is 7.87. The fourth-order valence-corrected chi connectivity index (χ4v) is 5.55. The highest BCUT2D eigenvalue weighted by Crippen LogP contribution is 2.42. The number of carbonyl (C=O) groups is 1. The molecule has 0 bridgehead atoms. The standard InChI is InChI=1S/C31H36FN3O3/c1-31(2,3)38-30(36)35-14-4-5-28(35)27-17-22(8-11-25(27)21-12-15-37-16-13-21)23-18-26(29(33)34-19-23)20-6-9-24(32)10-7-20/h6-11,17-19,21,28H,4-5,12-16H2,1-3H3,(H2,33,34). The fraction of sp³-hybridized carbons (Fsp3) is 0.419. The Morgan fingerprint density at radius 3 is 2.42 bits per heavy atom. The lowest BCUT2D eigenvalue weighted by molar-refractivity contribution is 0.0222. The Labute approximate surface area is 224 Å². The second-order valence-corrected chi connectivity index (χ2v) is 11.2. The molecule has 7 heteroatoms. The van der Waals surface area contributed by atoms with Crippen LogP contribution in [0.1, 0.15) is 69.5 Å². The number of carbonyl (C=O) groups excluding carboxylic acids is 1. The Morgan fingerprint density at radius 1 is 1.00 bits per heavy atom. The van der Waals surface area contributed by atoms with E-state index in [1.54, 1.807) is 18.3 Å². The molecule has 3 heterocycles. The molecular weight excluding hydrogens is 481 g/mol. The number of likely N-dealkylation sites (tertiary alicyclic amines) is 1. The lowest BCUT2D eigenvalue weighted by Gasteiger charge is -2.32. The van der Waals surface area contributed by atoms with Crippen molar-refractivity contribution in [3.8, 4) is 22.3 Å². The lowest BCUT2D eigenvalue weighted by atomic mass is 9.83. The Balaban J connectivity index is 1.55. The van der Waals surface area contributed by atoms with Crippen molar-refractivity contribution in [1.29, 1.82) is 0 Å². The summed E-state index contributed by atoms with van der Waals surface area (Å²) in [6.07, 6.45) is 5.25. The zero-order chi connectivity index (χ0) is 26.9. The van der Waals surface area contributed by atoms with Crippen LogP contribution in [0.2, 0.25) is 0 Å². The first-order valence-electron chi connectivity index (χ1n) is 13.4. The number of hydrogen-bond donors (Lipinski definition) is 1. The topological polar surface area (TPSA) is 77.7 Å². The molecule has 2 aliphatic heterocycles. The number of halogens is 1. The number of nitrogens with two attached hydrogens (primary N) is 1. The van der Waals surface area contributed by atoms with Gasteiger partial charge in [-0.15, -0.1) is 0 Å². The predicted molar refractivity (Wildman–Crippen MR) is 147 cm³/mol. The number of aromatic nitrogens is 1. The molecule has 2 saturated heterocycles. The van der Waals surface area contributed by atoms with E-state index >= 15 is 0 Å². The molecule has 2 aromatic carbocycles. The predicted octanol–water partition coefficient (Wildman–Crippen LogP) is 7.10. The van der Waals surface area contributed by atoms with Crippen molar-refractivity contribution in [3.05, 3.63) is 71.7 Å². The van der Waals surface area contributed by atoms with E-state index in [9.17, 15) is 9.18 Å². The first kappa shape index (κ1) is 26.2. The van der Waals surface area contributed by atoms with Crippen LogP contribution >= 0.6 is 0 Å². The number of anilines is 1. The maximum Gasteiger partial charge on any atom is 0.410 e. The third-order valence-electron chi connectivity index (χ3n) is 7.39. The minimum atomic E-state index is -0.554. The Hall–Kier alpha value is -3.45. The van der Waals surface area contributed by atoms with E-state index in [-0.39, 0.29) is 18.0 Å². The molecule has 1 atom stereocenters. The Morgan fingerprint density at radius 2 is 1.71 bits per heavy atom. The van der Waals surface area contributed by atoms with Crippen LogP contribution in [-0.4, -0.2) is 41.3 Å². The van der Waals surface area contributed by atoms with Gasteiger partial charge >= 0.3 is 6.09 Å². The van der Waals surface area contributed by atoms with Crippen molar-refractivity contribution >= 4 is 11.9 Å². The number of hydrogen-bond acceptors (Lipinski definition) is 5. The summed E-state index contributed by atoms with van der Waals surface area (Å²) in [5, 5.41) is 0. The normalized spacial score (nSPS) is 18.5. The molecular formula is C31H36FN3O3. The molecule has 0 spiro atoms. The van der Waals surface area contributed by atoms with E-state index in [1.807, 2.05) is 31.7 Å². The van der Waals surface area contributed by atoms with E-state index < -0.39 is 5.60 Å². The van der Waals surface area contributed by atoms with Gasteiger partial charge in [-0.25, -0.2) is 14.2 Å². The molecule has 2 aliphatic rings. The van der Waals surface area contributed by atoms with Crippen molar-refractivity contribution < 1.29 is 18.7 Å². The van der Waals surface area contributed by atoms with Gasteiger partial charge < -0.3 is 20.1 Å². The molecule has 1 amide bonds. The minimum absolute atomic E-state index is 0.0547. The molecule has 1 aromatic heterocycles. The van der Waals surface area contributed by atoms with Gasteiger partial charge in [0.05, 0.1) is 6.04 Å². The van der Waals surface area contributed by atoms with E-state index in [2.05, 4.69) is 23.2 Å². The van der Waals surface area contributed by atoms with Gasteiger partial charge in [0.15, 0.2) is 0 Å². The number of nitrogens with zero attached hydrogens (tertiary/aromatic N) is 2. The van der Waals surface area contributed by atoms with Crippen molar-refractivity contribution in [2.45, 2.75) is 64.0 Å². The van der Waals surface area contributed by atoms with Crippen molar-refractivity contribution in [1.82, 2.24) is 9.88 Å². The van der Waals surface area contributed by atoms with Crippen LogP contribution in [0.5, 0.6) is 0 Å². The van der Waals surface area contributed by atoms with Gasteiger partial charge in [0.1, 0.15) is 17.2 Å². The number of benzene rings is 2. The third-order valence-corrected chi connectivity index (χ3v) is 7.39. The van der Waals surface area contributed by atoms with Gasteiger partial charge in [0.25, 0.3) is 0 Å². The summed E-state index contributed by atoms with van der Waals surface area (Å²) in [5.74, 6) is 0.482. The molecule has 2 N–H and O–H groups in total. The van der Waals surface area contributed by atoms with Crippen LogP contribution in [0.15, 0.2) is 54.7 Å². The van der Waals surface area contributed by atoms with Crippen LogP contribution in [-0.2, 0) is 9.47 Å². The summed E-state index contributed by atoms with van der Waals surface area (Å²) in [4.78, 5) is 19.5. The van der Waals surface area contributed by atoms with E-state index in [4.69, 9.17) is 15.2 Å². The second kappa shape index (κ2) is 10.7. The van der Waals surface area contributed by atoms with Gasteiger partial charge in [-0.1, -0.05) is 24.3 Å². The highest BCUT2D eigenvalue weighted by atomic mass is 19.1. The maximum absolute atomic E-state index is 13.5. The number of amides is 1. The monoisotopic (exact) mass is 517 g/mol. The average molecular weight is 518 g/mol. The second-order valence-electron chi connectivity index (χ2n) is 11.2. The largest absolute Gasteiger partial charge is 0.444 e. The molecule has 0 aliphatic carbocycles. The van der Waals surface area contributed by atoms with E-state index in [0.29, 0.717) is 18.3 Å². The maximum atomic E-state index is 13.5. The molecule has 1 unspecified atom stereocenters. The van der Waals surface area contributed by atoms with Gasteiger partial charge in [0.2, 0.25) is 0 Å². The van der Waals surface area contributed by atoms with Crippen LogP contribution in [0.3, 0.4) is 0 Å². The van der Waals surface area contributed by atoms with Gasteiger partial charge in [-0.2, -0.15) is 0 Å². The summed E-state index contributed by atoms with van der Waals surface area (Å²) < 4.78 is 24.9. The zero-order valence-electron chi connectivity index (χ0n) is 22.4. The zero-order valence-corrected chi connectivity index (χ0v) is 22.4. The molecule has 5 rings (SSSR count). The quantitative estimate of drug-likeness (QED) is 0.399. The first-order chi connectivity index (χ1) is 18.2. The first-order valence-corrected chi connectivity index (χ1v) is 13.4. The summed E-state index contributed by atoms with van der Waals surface area (Å²) in [5.41, 5.74) is 11.6. The SMILES string of the molecule is CC(C)(C)OC(=O)N1CCCC1c1cc(-c2cnc(N)c(-c3ccc(F)cc3)c2)ccc1C1CCOCC1. The van der Waals surface area contributed by atoms with Crippen LogP contribution < -0.4 is 5.73 Å². The van der Waals surface area contributed by atoms with Crippen molar-refractivity contribution in [2.75, 3.05) is 25.5 Å². The summed E-state index contributed by atoms with van der Waals surface area (Å²) in [7, 11) is 0. The van der Waals surface area contributed by atoms with Gasteiger partial charge in [-0.05, 0) is 98.9 Å². The Bertz CT molecular complexity index is 1300. The number of rotatable bonds is 4. The third kappa shape index (κ3) is 5.68. The highest BCUT2D eigenvalue weighted by molar-refractivity contribution is 5.79. The summed E-state index contributed by atoms with van der Waals surface area (Å²) in [6, 6.07) is 14.8. The molecule has 3 aromatic rings. The van der Waals surface area contributed by atoms with Gasteiger partial charge in [0, 0.05) is 37.1 Å². The minimum Gasteiger partial charge on any atom is -0.444 e. The smallest absolute Gasteiger partial charge is 0.410 e. The molecule has 2 fully saturated rings. The summed E-state index contributed by atoms with van der Waals surface area (Å²) >= 11 is 0.